The van der Waals surface area contributed by atoms with Crippen LogP contribution in [0.2, 0.25) is 0 Å². The number of aliphatic carboxylic acids is 1. The summed E-state index contributed by atoms with van der Waals surface area (Å²) in [6.07, 6.45) is 0.651. The maximum atomic E-state index is 12.2. The topological polar surface area (TPSA) is 99.2 Å². The summed E-state index contributed by atoms with van der Waals surface area (Å²) in [6, 6.07) is -0.792. The number of hydrogen-bond donors (Lipinski definition) is 2. The number of carboxylic acid groups (broad SMARTS) is 1. The molecule has 0 radical (unpaired) electrons. The monoisotopic (exact) mass is 270 g/mol. The van der Waals surface area contributed by atoms with Gasteiger partial charge in [-0.25, -0.2) is 9.78 Å². The highest BCUT2D eigenvalue weighted by Gasteiger charge is 2.34. The zero-order chi connectivity index (χ0) is 13.1. The van der Waals surface area contributed by atoms with Gasteiger partial charge < -0.3 is 10.0 Å². The number of rotatable bonds is 3. The van der Waals surface area contributed by atoms with Crippen molar-refractivity contribution in [2.75, 3.05) is 18.1 Å². The summed E-state index contributed by atoms with van der Waals surface area (Å²) in [5.41, 5.74) is 0. The second-order valence-electron chi connectivity index (χ2n) is 3.89. The molecule has 1 aromatic heterocycles. The van der Waals surface area contributed by atoms with Gasteiger partial charge in [0.15, 0.2) is 0 Å². The van der Waals surface area contributed by atoms with Gasteiger partial charge in [-0.2, -0.15) is 11.8 Å². The zero-order valence-electron chi connectivity index (χ0n) is 9.92. The van der Waals surface area contributed by atoms with Crippen LogP contribution < -0.4 is 0 Å². The van der Waals surface area contributed by atoms with Crippen molar-refractivity contribution in [2.24, 2.45) is 0 Å². The number of aryl methyl sites for hydroxylation is 1. The van der Waals surface area contributed by atoms with Gasteiger partial charge in [-0.1, -0.05) is 6.92 Å². The van der Waals surface area contributed by atoms with Crippen molar-refractivity contribution >= 4 is 23.6 Å². The maximum absolute atomic E-state index is 12.2. The maximum Gasteiger partial charge on any atom is 0.327 e. The molecule has 1 aliphatic heterocycles. The number of hydrogen-bond acceptors (Lipinski definition) is 5. The van der Waals surface area contributed by atoms with Crippen LogP contribution in [0.4, 0.5) is 0 Å². The highest BCUT2D eigenvalue weighted by atomic mass is 32.2. The van der Waals surface area contributed by atoms with E-state index < -0.39 is 17.9 Å². The van der Waals surface area contributed by atoms with E-state index in [0.717, 1.165) is 5.75 Å². The Kier molecular flexibility index (Phi) is 3.85. The van der Waals surface area contributed by atoms with Crippen molar-refractivity contribution < 1.29 is 14.7 Å². The molecule has 1 fully saturated rings. The van der Waals surface area contributed by atoms with Crippen molar-refractivity contribution in [3.63, 3.8) is 0 Å². The van der Waals surface area contributed by atoms with Crippen molar-refractivity contribution in [2.45, 2.75) is 19.4 Å². The number of nitrogens with zero attached hydrogens (tertiary/aromatic N) is 3. The van der Waals surface area contributed by atoms with E-state index in [1.165, 1.54) is 16.7 Å². The molecule has 0 spiro atoms. The largest absolute Gasteiger partial charge is 0.480 e. The summed E-state index contributed by atoms with van der Waals surface area (Å²) in [5.74, 6) is 0.411. The van der Waals surface area contributed by atoms with Crippen LogP contribution in [-0.2, 0) is 11.2 Å². The van der Waals surface area contributed by atoms with E-state index in [1.54, 1.807) is 0 Å². The minimum Gasteiger partial charge on any atom is -0.480 e. The SMILES string of the molecule is CCc1nc(C(=O)N2CCSCC2C(=O)O)n[nH]1. The molecule has 0 bridgehead atoms. The predicted octanol–water partition coefficient (Wildman–Crippen LogP) is 0.00930. The number of carbonyl (C=O) groups excluding carboxylic acids is 1. The molecule has 7 nitrogen and oxygen atoms in total. The van der Waals surface area contributed by atoms with Crippen LogP contribution >= 0.6 is 11.8 Å². The highest BCUT2D eigenvalue weighted by molar-refractivity contribution is 7.99. The molecule has 1 atom stereocenters. The van der Waals surface area contributed by atoms with Crippen LogP contribution in [0.3, 0.4) is 0 Å². The van der Waals surface area contributed by atoms with Crippen LogP contribution in [-0.4, -0.2) is 61.2 Å². The first-order valence-electron chi connectivity index (χ1n) is 5.66. The molecule has 1 saturated heterocycles. The average molecular weight is 270 g/mol. The number of aromatic amines is 1. The third-order valence-electron chi connectivity index (χ3n) is 2.73. The van der Waals surface area contributed by atoms with Crippen LogP contribution in [0.25, 0.3) is 0 Å². The van der Waals surface area contributed by atoms with E-state index in [2.05, 4.69) is 15.2 Å². The molecule has 2 N–H and O–H groups in total. The van der Waals surface area contributed by atoms with E-state index in [1.807, 2.05) is 6.92 Å². The molecule has 0 aliphatic carbocycles. The van der Waals surface area contributed by atoms with E-state index in [9.17, 15) is 9.59 Å². The van der Waals surface area contributed by atoms with Crippen LogP contribution in [0.15, 0.2) is 0 Å². The summed E-state index contributed by atoms with van der Waals surface area (Å²) >= 11 is 1.53. The van der Waals surface area contributed by atoms with Gasteiger partial charge in [0.05, 0.1) is 0 Å². The normalized spacial score (nSPS) is 19.8. The Morgan fingerprint density at radius 1 is 1.61 bits per heavy atom. The fourth-order valence-electron chi connectivity index (χ4n) is 1.73. The highest BCUT2D eigenvalue weighted by Crippen LogP contribution is 2.18. The van der Waals surface area contributed by atoms with Crippen molar-refractivity contribution in [1.82, 2.24) is 20.1 Å². The molecule has 1 aromatic rings. The molecule has 1 amide bonds. The molecule has 1 aliphatic rings. The van der Waals surface area contributed by atoms with Gasteiger partial charge in [-0.05, 0) is 0 Å². The van der Waals surface area contributed by atoms with Gasteiger partial charge in [0.2, 0.25) is 5.82 Å². The van der Waals surface area contributed by atoms with Crippen LogP contribution in [0.5, 0.6) is 0 Å². The first kappa shape index (κ1) is 12.9. The lowest BCUT2D eigenvalue weighted by atomic mass is 10.2. The first-order valence-corrected chi connectivity index (χ1v) is 6.81. The summed E-state index contributed by atoms with van der Waals surface area (Å²) in [6.45, 7) is 2.31. The Bertz CT molecular complexity index is 462. The second kappa shape index (κ2) is 5.38. The molecule has 98 valence electrons. The van der Waals surface area contributed by atoms with E-state index in [-0.39, 0.29) is 5.82 Å². The number of aromatic nitrogens is 3. The lowest BCUT2D eigenvalue weighted by Crippen LogP contribution is -2.50. The summed E-state index contributed by atoms with van der Waals surface area (Å²) < 4.78 is 0. The average Bonchev–Trinajstić information content (AvgIpc) is 2.86. The fraction of sp³-hybridized carbons (Fsp3) is 0.600. The minimum absolute atomic E-state index is 0.0463. The first-order chi connectivity index (χ1) is 8.63. The lowest BCUT2D eigenvalue weighted by molar-refractivity contribution is -0.141. The van der Waals surface area contributed by atoms with Gasteiger partial charge in [-0.15, -0.1) is 5.10 Å². The molecule has 1 unspecified atom stereocenters. The van der Waals surface area contributed by atoms with E-state index in [0.29, 0.717) is 24.5 Å². The molecule has 2 heterocycles. The Balaban J connectivity index is 2.17. The fourth-order valence-corrected chi connectivity index (χ4v) is 2.77. The molecular formula is C10H14N4O3S. The van der Waals surface area contributed by atoms with Crippen LogP contribution in [0, 0.1) is 0 Å². The van der Waals surface area contributed by atoms with Crippen LogP contribution in [0.1, 0.15) is 23.4 Å². The quantitative estimate of drug-likeness (QED) is 0.802. The Hall–Kier alpha value is -1.57. The van der Waals surface area contributed by atoms with Crippen molar-refractivity contribution in [1.29, 1.82) is 0 Å². The number of carbonyl (C=O) groups is 2. The molecule has 18 heavy (non-hydrogen) atoms. The summed E-state index contributed by atoms with van der Waals surface area (Å²) in [4.78, 5) is 28.6. The number of nitrogens with one attached hydrogen (secondary N) is 1. The Labute approximate surface area is 108 Å². The second-order valence-corrected chi connectivity index (χ2v) is 5.04. The van der Waals surface area contributed by atoms with Gasteiger partial charge in [0, 0.05) is 24.5 Å². The van der Waals surface area contributed by atoms with Gasteiger partial charge in [-0.3, -0.25) is 9.89 Å². The Morgan fingerprint density at radius 2 is 2.39 bits per heavy atom. The van der Waals surface area contributed by atoms with Crippen molar-refractivity contribution in [3.8, 4) is 0 Å². The third kappa shape index (κ3) is 2.47. The molecular weight excluding hydrogens is 256 g/mol. The standard InChI is InChI=1S/C10H14N4O3S/c1-2-7-11-8(13-12-7)9(15)14-3-4-18-5-6(14)10(16)17/h6H,2-5H2,1H3,(H,16,17)(H,11,12,13). The van der Waals surface area contributed by atoms with Crippen molar-refractivity contribution in [3.05, 3.63) is 11.6 Å². The summed E-state index contributed by atoms with van der Waals surface area (Å²) in [5, 5.41) is 15.6. The molecule has 0 aromatic carbocycles. The zero-order valence-corrected chi connectivity index (χ0v) is 10.7. The van der Waals surface area contributed by atoms with Gasteiger partial charge >= 0.3 is 5.97 Å². The third-order valence-corrected chi connectivity index (χ3v) is 3.75. The number of amides is 1. The van der Waals surface area contributed by atoms with E-state index >= 15 is 0 Å². The number of H-pyrrole nitrogens is 1. The smallest absolute Gasteiger partial charge is 0.327 e. The Morgan fingerprint density at radius 3 is 3.00 bits per heavy atom. The number of carboxylic acids is 1. The lowest BCUT2D eigenvalue weighted by Gasteiger charge is -2.31. The molecule has 0 saturated carbocycles. The minimum atomic E-state index is -0.984. The van der Waals surface area contributed by atoms with Gasteiger partial charge in [0.25, 0.3) is 5.91 Å². The molecule has 2 rings (SSSR count). The summed E-state index contributed by atoms with van der Waals surface area (Å²) in [7, 11) is 0. The molecule has 8 heteroatoms. The number of thioether (sulfide) groups is 1. The van der Waals surface area contributed by atoms with E-state index in [4.69, 9.17) is 5.11 Å². The van der Waals surface area contributed by atoms with Gasteiger partial charge in [0.1, 0.15) is 11.9 Å². The predicted molar refractivity (Wildman–Crippen MR) is 65.5 cm³/mol.